The largest absolute Gasteiger partial charge is 0.394 e. The van der Waals surface area contributed by atoms with Gasteiger partial charge in [0.2, 0.25) is 11.8 Å². The number of aryl methyl sites for hydroxylation is 2. The molecule has 1 aromatic carbocycles. The molecule has 8 heteroatoms. The van der Waals surface area contributed by atoms with E-state index in [4.69, 9.17) is 4.74 Å². The summed E-state index contributed by atoms with van der Waals surface area (Å²) in [6.45, 7) is 18.4. The smallest absolute Gasteiger partial charge is 0.253 e. The van der Waals surface area contributed by atoms with Crippen LogP contribution in [0.3, 0.4) is 0 Å². The van der Waals surface area contributed by atoms with Crippen molar-refractivity contribution in [2.75, 3.05) is 31.1 Å². The van der Waals surface area contributed by atoms with Crippen LogP contribution in [-0.4, -0.2) is 82.7 Å². The van der Waals surface area contributed by atoms with Crippen molar-refractivity contribution in [2.24, 2.45) is 17.8 Å². The van der Waals surface area contributed by atoms with E-state index in [9.17, 15) is 19.5 Å². The van der Waals surface area contributed by atoms with Gasteiger partial charge in [-0.1, -0.05) is 45.1 Å². The number of anilines is 1. The summed E-state index contributed by atoms with van der Waals surface area (Å²) in [7, 11) is 0. The molecular formula is C32H45N3O5. The molecule has 40 heavy (non-hydrogen) atoms. The Kier molecular flexibility index (Phi) is 8.90. The van der Waals surface area contributed by atoms with Gasteiger partial charge in [0.25, 0.3) is 5.91 Å². The summed E-state index contributed by atoms with van der Waals surface area (Å²) >= 11 is 0. The lowest BCUT2D eigenvalue weighted by atomic mass is 9.70. The lowest BCUT2D eigenvalue weighted by molar-refractivity contribution is -0.148. The second-order valence-corrected chi connectivity index (χ2v) is 11.9. The van der Waals surface area contributed by atoms with Gasteiger partial charge in [0.05, 0.1) is 30.6 Å². The zero-order valence-corrected chi connectivity index (χ0v) is 24.6. The van der Waals surface area contributed by atoms with Crippen LogP contribution in [0, 0.1) is 31.6 Å². The van der Waals surface area contributed by atoms with Crippen molar-refractivity contribution in [3.63, 3.8) is 0 Å². The molecule has 3 fully saturated rings. The van der Waals surface area contributed by atoms with Gasteiger partial charge in [-0.05, 0) is 56.2 Å². The van der Waals surface area contributed by atoms with Gasteiger partial charge in [0.15, 0.2) is 0 Å². The third-order valence-corrected chi connectivity index (χ3v) is 8.96. The molecule has 3 aliphatic heterocycles. The number of nitrogens with zero attached hydrogens (tertiary/aromatic N) is 3. The maximum Gasteiger partial charge on any atom is 0.253 e. The number of carbonyl (C=O) groups excluding carboxylic acids is 3. The van der Waals surface area contributed by atoms with Gasteiger partial charge in [0.1, 0.15) is 11.6 Å². The molecule has 1 aromatic rings. The van der Waals surface area contributed by atoms with Crippen LogP contribution in [0.15, 0.2) is 43.5 Å². The van der Waals surface area contributed by atoms with E-state index < -0.39 is 35.6 Å². The summed E-state index contributed by atoms with van der Waals surface area (Å²) in [6.07, 6.45) is 4.83. The maximum atomic E-state index is 14.8. The predicted molar refractivity (Wildman–Crippen MR) is 156 cm³/mol. The van der Waals surface area contributed by atoms with Crippen LogP contribution in [0.1, 0.15) is 51.2 Å². The molecule has 1 N–H and O–H groups in total. The molecule has 8 nitrogen and oxygen atoms in total. The number of hydrogen-bond donors (Lipinski definition) is 1. The van der Waals surface area contributed by atoms with Crippen LogP contribution in [0.4, 0.5) is 5.69 Å². The third-order valence-electron chi connectivity index (χ3n) is 8.96. The molecule has 0 radical (unpaired) electrons. The average molecular weight is 552 g/mol. The van der Waals surface area contributed by atoms with Crippen LogP contribution >= 0.6 is 0 Å². The Balaban J connectivity index is 1.85. The number of fused-ring (bicyclic) bond motifs is 1. The fraction of sp³-hybridized carbons (Fsp3) is 0.594. The van der Waals surface area contributed by atoms with Gasteiger partial charge in [0, 0.05) is 25.3 Å². The summed E-state index contributed by atoms with van der Waals surface area (Å²) in [4.78, 5) is 48.1. The Bertz CT molecular complexity index is 1170. The molecule has 2 unspecified atom stereocenters. The minimum absolute atomic E-state index is 0.114. The quantitative estimate of drug-likeness (QED) is 0.401. The fourth-order valence-corrected chi connectivity index (χ4v) is 7.15. The molecule has 0 aromatic heterocycles. The molecule has 4 rings (SSSR count). The first-order chi connectivity index (χ1) is 19.1. The van der Waals surface area contributed by atoms with E-state index in [1.165, 1.54) is 0 Å². The number of amides is 3. The average Bonchev–Trinajstić information content (AvgIpc) is 3.56. The monoisotopic (exact) mass is 551 g/mol. The molecular weight excluding hydrogens is 506 g/mol. The second kappa shape index (κ2) is 11.9. The van der Waals surface area contributed by atoms with Gasteiger partial charge in [-0.15, -0.1) is 13.2 Å². The Morgan fingerprint density at radius 3 is 2.50 bits per heavy atom. The molecule has 2 bridgehead atoms. The van der Waals surface area contributed by atoms with Crippen LogP contribution in [0.2, 0.25) is 0 Å². The number of likely N-dealkylation sites (tertiary alicyclic amines) is 1. The maximum absolute atomic E-state index is 14.8. The first-order valence-corrected chi connectivity index (χ1v) is 14.6. The number of rotatable bonds is 12. The van der Waals surface area contributed by atoms with Gasteiger partial charge in [-0.25, -0.2) is 0 Å². The third kappa shape index (κ3) is 4.79. The van der Waals surface area contributed by atoms with Crippen molar-refractivity contribution in [1.29, 1.82) is 0 Å². The van der Waals surface area contributed by atoms with Gasteiger partial charge in [-0.3, -0.25) is 14.4 Å². The SMILES string of the molecule is C=CCN(CCC)C(=O)[C@@H]1[C@H]2C(=O)N([C@@H](CO)C(C)C)C(C(=O)N(CC=C)c3cc(C)ccc3C)C23CC[C@H]1O3. The highest BCUT2D eigenvalue weighted by Gasteiger charge is 2.75. The molecule has 0 aliphatic carbocycles. The van der Waals surface area contributed by atoms with Crippen molar-refractivity contribution < 1.29 is 24.2 Å². The number of aliphatic hydroxyl groups excluding tert-OH is 1. The van der Waals surface area contributed by atoms with Crippen LogP contribution < -0.4 is 4.90 Å². The van der Waals surface area contributed by atoms with Crippen LogP contribution in [0.5, 0.6) is 0 Å². The standard InChI is InChI=1S/C32H45N3O5/c1-8-15-33(16-9-2)29(37)26-25-13-14-32(40-25)27(26)30(38)35(24(19-36)20(4)5)28(32)31(39)34(17-10-3)23-18-21(6)11-12-22(23)7/h8,10-12,18,20,24-28,36H,1,3,9,13-17,19H2,2,4-7H3/t24-,25+,26-,27-,28?,32?/m0/s1. The lowest BCUT2D eigenvalue weighted by Crippen LogP contribution is -2.60. The minimum atomic E-state index is -1.13. The normalized spacial score (nSPS) is 27.6. The Morgan fingerprint density at radius 1 is 1.20 bits per heavy atom. The lowest BCUT2D eigenvalue weighted by Gasteiger charge is -2.40. The first-order valence-electron chi connectivity index (χ1n) is 14.6. The molecule has 218 valence electrons. The van der Waals surface area contributed by atoms with Crippen molar-refractivity contribution in [3.8, 4) is 0 Å². The predicted octanol–water partition coefficient (Wildman–Crippen LogP) is 3.64. The number of carbonyl (C=O) groups is 3. The molecule has 1 spiro atoms. The van der Waals surface area contributed by atoms with E-state index in [0.717, 1.165) is 23.2 Å². The van der Waals surface area contributed by atoms with E-state index in [-0.39, 0.29) is 36.8 Å². The summed E-state index contributed by atoms with van der Waals surface area (Å²) in [5, 5.41) is 10.5. The molecule has 3 aliphatic rings. The highest BCUT2D eigenvalue weighted by molar-refractivity contribution is 6.05. The second-order valence-electron chi connectivity index (χ2n) is 11.9. The summed E-state index contributed by atoms with van der Waals surface area (Å²) in [6, 6.07) is 4.39. The first kappa shape index (κ1) is 30.0. The van der Waals surface area contributed by atoms with Gasteiger partial charge >= 0.3 is 0 Å². The Hall–Kier alpha value is -2.97. The Labute approximate surface area is 238 Å². The number of aliphatic hydroxyl groups is 1. The van der Waals surface area contributed by atoms with Crippen molar-refractivity contribution in [2.45, 2.75) is 77.7 Å². The molecule has 3 saturated heterocycles. The van der Waals surface area contributed by atoms with Crippen molar-refractivity contribution in [1.82, 2.24) is 9.80 Å². The number of ether oxygens (including phenoxy) is 1. The van der Waals surface area contributed by atoms with Crippen molar-refractivity contribution >= 4 is 23.4 Å². The topological polar surface area (TPSA) is 90.4 Å². The molecule has 3 heterocycles. The molecule has 0 saturated carbocycles. The minimum Gasteiger partial charge on any atom is -0.394 e. The Morgan fingerprint density at radius 2 is 1.90 bits per heavy atom. The molecule has 6 atom stereocenters. The summed E-state index contributed by atoms with van der Waals surface area (Å²) in [5.41, 5.74) is 1.56. The van der Waals surface area contributed by atoms with Crippen LogP contribution in [0.25, 0.3) is 0 Å². The zero-order chi connectivity index (χ0) is 29.4. The van der Waals surface area contributed by atoms with Crippen molar-refractivity contribution in [3.05, 3.63) is 54.6 Å². The van der Waals surface area contributed by atoms with E-state index in [2.05, 4.69) is 13.2 Å². The number of benzene rings is 1. The molecule has 3 amide bonds. The summed E-state index contributed by atoms with van der Waals surface area (Å²) in [5.74, 6) is -2.24. The number of hydrogen-bond acceptors (Lipinski definition) is 5. The highest BCUT2D eigenvalue weighted by Crippen LogP contribution is 2.59. The zero-order valence-electron chi connectivity index (χ0n) is 24.6. The van der Waals surface area contributed by atoms with E-state index in [1.54, 1.807) is 26.9 Å². The van der Waals surface area contributed by atoms with Gasteiger partial charge < -0.3 is 24.5 Å². The van der Waals surface area contributed by atoms with E-state index in [1.807, 2.05) is 52.8 Å². The van der Waals surface area contributed by atoms with Crippen LogP contribution in [-0.2, 0) is 19.1 Å². The highest BCUT2D eigenvalue weighted by atomic mass is 16.5. The van der Waals surface area contributed by atoms with E-state index >= 15 is 0 Å². The van der Waals surface area contributed by atoms with Gasteiger partial charge in [-0.2, -0.15) is 0 Å². The fourth-order valence-electron chi connectivity index (χ4n) is 7.15. The van der Waals surface area contributed by atoms with E-state index in [0.29, 0.717) is 25.9 Å². The summed E-state index contributed by atoms with van der Waals surface area (Å²) < 4.78 is 6.66.